The van der Waals surface area contributed by atoms with Gasteiger partial charge in [0.15, 0.2) is 0 Å². The molecular weight excluding hydrogens is 358 g/mol. The van der Waals surface area contributed by atoms with E-state index in [4.69, 9.17) is 0 Å². The van der Waals surface area contributed by atoms with E-state index in [0.29, 0.717) is 18.7 Å². The molecule has 7 nitrogen and oxygen atoms in total. The van der Waals surface area contributed by atoms with E-state index in [-0.39, 0.29) is 23.4 Å². The van der Waals surface area contributed by atoms with Crippen LogP contribution in [0.4, 0.5) is 11.4 Å². The highest BCUT2D eigenvalue weighted by atomic mass is 16.6. The van der Waals surface area contributed by atoms with Gasteiger partial charge in [0, 0.05) is 37.0 Å². The smallest absolute Gasteiger partial charge is 0.270 e. The Hall–Kier alpha value is -3.48. The molecule has 2 aromatic rings. The maximum absolute atomic E-state index is 12.5. The summed E-state index contributed by atoms with van der Waals surface area (Å²) >= 11 is 0. The third-order valence-corrected chi connectivity index (χ3v) is 4.64. The van der Waals surface area contributed by atoms with Crippen molar-refractivity contribution in [3.05, 3.63) is 76.4 Å². The summed E-state index contributed by atoms with van der Waals surface area (Å²) in [4.78, 5) is 37.0. The monoisotopic (exact) mass is 379 g/mol. The molecule has 1 saturated heterocycles. The summed E-state index contributed by atoms with van der Waals surface area (Å²) in [7, 11) is 0. The molecule has 1 aliphatic rings. The largest absolute Gasteiger partial charge is 0.338 e. The summed E-state index contributed by atoms with van der Waals surface area (Å²) in [6, 6.07) is 15.3. The molecule has 1 N–H and O–H groups in total. The summed E-state index contributed by atoms with van der Waals surface area (Å²) in [5, 5.41) is 13.7. The lowest BCUT2D eigenvalue weighted by atomic mass is 9.97. The molecule has 3 rings (SSSR count). The zero-order chi connectivity index (χ0) is 19.9. The van der Waals surface area contributed by atoms with Gasteiger partial charge in [0.25, 0.3) is 5.69 Å². The second kappa shape index (κ2) is 8.94. The van der Waals surface area contributed by atoms with Crippen LogP contribution in [0.2, 0.25) is 0 Å². The quantitative estimate of drug-likeness (QED) is 0.489. The van der Waals surface area contributed by atoms with Crippen LogP contribution in [0.15, 0.2) is 60.7 Å². The molecule has 0 spiro atoms. The number of non-ortho nitro benzene ring substituents is 1. The number of hydrogen-bond acceptors (Lipinski definition) is 4. The average Bonchev–Trinajstić information content (AvgIpc) is 2.73. The average molecular weight is 379 g/mol. The van der Waals surface area contributed by atoms with E-state index in [1.165, 1.54) is 18.2 Å². The minimum Gasteiger partial charge on any atom is -0.338 e. The van der Waals surface area contributed by atoms with Gasteiger partial charge in [-0.15, -0.1) is 0 Å². The van der Waals surface area contributed by atoms with Crippen LogP contribution in [0.25, 0.3) is 6.08 Å². The molecule has 1 heterocycles. The van der Waals surface area contributed by atoms with Gasteiger partial charge in [-0.05, 0) is 36.6 Å². The molecule has 2 aromatic carbocycles. The van der Waals surface area contributed by atoms with Crippen molar-refractivity contribution in [2.45, 2.75) is 12.8 Å². The lowest BCUT2D eigenvalue weighted by molar-refractivity contribution is -0.384. The zero-order valence-corrected chi connectivity index (χ0v) is 15.3. The lowest BCUT2D eigenvalue weighted by Gasteiger charge is -2.31. The molecule has 0 radical (unpaired) electrons. The molecule has 1 unspecified atom stereocenters. The molecule has 1 aliphatic heterocycles. The Labute approximate surface area is 162 Å². The van der Waals surface area contributed by atoms with E-state index >= 15 is 0 Å². The normalized spacial score (nSPS) is 16.7. The maximum atomic E-state index is 12.5. The Morgan fingerprint density at radius 1 is 1.14 bits per heavy atom. The maximum Gasteiger partial charge on any atom is 0.270 e. The fourth-order valence-electron chi connectivity index (χ4n) is 3.17. The predicted octanol–water partition coefficient (Wildman–Crippen LogP) is 3.49. The molecule has 0 aliphatic carbocycles. The molecule has 7 heteroatoms. The number of benzene rings is 2. The lowest BCUT2D eigenvalue weighted by Crippen LogP contribution is -2.43. The SMILES string of the molecule is O=C(Nc1ccccc1)C1CCCN(C(=O)C=Cc2cccc([N+](=O)[O-])c2)C1. The molecule has 0 saturated carbocycles. The molecule has 144 valence electrons. The molecule has 28 heavy (non-hydrogen) atoms. The minimum absolute atomic E-state index is 0.0229. The van der Waals surface area contributed by atoms with Gasteiger partial charge in [-0.1, -0.05) is 30.3 Å². The summed E-state index contributed by atoms with van der Waals surface area (Å²) in [6.45, 7) is 0.948. The predicted molar refractivity (Wildman–Crippen MR) is 107 cm³/mol. The number of rotatable bonds is 5. The Morgan fingerprint density at radius 3 is 2.68 bits per heavy atom. The van der Waals surface area contributed by atoms with Gasteiger partial charge in [-0.25, -0.2) is 0 Å². The number of nitrogens with one attached hydrogen (secondary N) is 1. The standard InChI is InChI=1S/C21H21N3O4/c25-20(12-11-16-6-4-10-19(14-16)24(27)28)23-13-5-7-17(15-23)21(26)22-18-8-2-1-3-9-18/h1-4,6,8-12,14,17H,5,7,13,15H2,(H,22,26). The summed E-state index contributed by atoms with van der Waals surface area (Å²) in [5.41, 5.74) is 1.30. The first-order valence-corrected chi connectivity index (χ1v) is 9.10. The van der Waals surface area contributed by atoms with Crippen molar-refractivity contribution < 1.29 is 14.5 Å². The number of likely N-dealkylation sites (tertiary alicyclic amines) is 1. The van der Waals surface area contributed by atoms with Gasteiger partial charge < -0.3 is 10.2 Å². The summed E-state index contributed by atoms with van der Waals surface area (Å²) in [6.07, 6.45) is 4.44. The summed E-state index contributed by atoms with van der Waals surface area (Å²) in [5.74, 6) is -0.556. The van der Waals surface area contributed by atoms with Crippen molar-refractivity contribution >= 4 is 29.3 Å². The van der Waals surface area contributed by atoms with Crippen LogP contribution in [0.5, 0.6) is 0 Å². The molecule has 1 atom stereocenters. The van der Waals surface area contributed by atoms with E-state index in [2.05, 4.69) is 5.32 Å². The topological polar surface area (TPSA) is 92.6 Å². The first kappa shape index (κ1) is 19.3. The van der Waals surface area contributed by atoms with Crippen LogP contribution >= 0.6 is 0 Å². The first-order valence-electron chi connectivity index (χ1n) is 9.10. The second-order valence-electron chi connectivity index (χ2n) is 6.66. The van der Waals surface area contributed by atoms with Gasteiger partial charge in [-0.3, -0.25) is 19.7 Å². The van der Waals surface area contributed by atoms with Gasteiger partial charge >= 0.3 is 0 Å². The number of carbonyl (C=O) groups excluding carboxylic acids is 2. The Kier molecular flexibility index (Phi) is 6.16. The van der Waals surface area contributed by atoms with Gasteiger partial charge in [0.1, 0.15) is 0 Å². The second-order valence-corrected chi connectivity index (χ2v) is 6.66. The van der Waals surface area contributed by atoms with Gasteiger partial charge in [0.2, 0.25) is 11.8 Å². The molecular formula is C21H21N3O4. The van der Waals surface area contributed by atoms with Crippen LogP contribution in [0.1, 0.15) is 18.4 Å². The molecule has 1 fully saturated rings. The van der Waals surface area contributed by atoms with Crippen molar-refractivity contribution in [1.82, 2.24) is 4.90 Å². The van der Waals surface area contributed by atoms with E-state index in [0.717, 1.165) is 18.5 Å². The number of nitro groups is 1. The first-order chi connectivity index (χ1) is 13.5. The number of amides is 2. The van der Waals surface area contributed by atoms with Gasteiger partial charge in [0.05, 0.1) is 10.8 Å². The highest BCUT2D eigenvalue weighted by Crippen LogP contribution is 2.20. The van der Waals surface area contributed by atoms with E-state index < -0.39 is 4.92 Å². The number of nitro benzene ring substituents is 1. The van der Waals surface area contributed by atoms with Crippen molar-refractivity contribution in [1.29, 1.82) is 0 Å². The third kappa shape index (κ3) is 5.03. The fraction of sp³-hybridized carbons (Fsp3) is 0.238. The Balaban J connectivity index is 1.60. The highest BCUT2D eigenvalue weighted by molar-refractivity contribution is 5.95. The molecule has 0 aromatic heterocycles. The number of nitrogens with zero attached hydrogens (tertiary/aromatic N) is 2. The molecule has 2 amide bonds. The van der Waals surface area contributed by atoms with Crippen LogP contribution in [0.3, 0.4) is 0 Å². The highest BCUT2D eigenvalue weighted by Gasteiger charge is 2.27. The van der Waals surface area contributed by atoms with Crippen molar-refractivity contribution in [3.8, 4) is 0 Å². The summed E-state index contributed by atoms with van der Waals surface area (Å²) < 4.78 is 0. The molecule has 0 bridgehead atoms. The van der Waals surface area contributed by atoms with Crippen LogP contribution in [0, 0.1) is 16.0 Å². The third-order valence-electron chi connectivity index (χ3n) is 4.64. The van der Waals surface area contributed by atoms with E-state index in [1.807, 2.05) is 30.3 Å². The van der Waals surface area contributed by atoms with Crippen LogP contribution in [-0.2, 0) is 9.59 Å². The van der Waals surface area contributed by atoms with E-state index in [1.54, 1.807) is 23.1 Å². The fourth-order valence-corrected chi connectivity index (χ4v) is 3.17. The number of piperidine rings is 1. The van der Waals surface area contributed by atoms with Crippen LogP contribution in [-0.4, -0.2) is 34.7 Å². The van der Waals surface area contributed by atoms with Crippen LogP contribution < -0.4 is 5.32 Å². The number of anilines is 1. The zero-order valence-electron chi connectivity index (χ0n) is 15.3. The number of para-hydroxylation sites is 1. The van der Waals surface area contributed by atoms with Crippen molar-refractivity contribution in [2.24, 2.45) is 5.92 Å². The Morgan fingerprint density at radius 2 is 1.93 bits per heavy atom. The Bertz CT molecular complexity index is 896. The number of hydrogen-bond donors (Lipinski definition) is 1. The van der Waals surface area contributed by atoms with Crippen molar-refractivity contribution in [3.63, 3.8) is 0 Å². The minimum atomic E-state index is -0.472. The van der Waals surface area contributed by atoms with E-state index in [9.17, 15) is 19.7 Å². The number of carbonyl (C=O) groups is 2. The van der Waals surface area contributed by atoms with Gasteiger partial charge in [-0.2, -0.15) is 0 Å². The van der Waals surface area contributed by atoms with Crippen molar-refractivity contribution in [2.75, 3.05) is 18.4 Å².